The zero-order valence-electron chi connectivity index (χ0n) is 17.4. The van der Waals surface area contributed by atoms with Crippen LogP contribution in [0.3, 0.4) is 0 Å². The third kappa shape index (κ3) is 5.76. The molecule has 3 rings (SSSR count). The lowest BCUT2D eigenvalue weighted by Gasteiger charge is -2.26. The van der Waals surface area contributed by atoms with Crippen LogP contribution in [0, 0.1) is 6.92 Å². The van der Waals surface area contributed by atoms with E-state index < -0.39 is 0 Å². The van der Waals surface area contributed by atoms with Crippen LogP contribution in [0.2, 0.25) is 0 Å². The predicted octanol–water partition coefficient (Wildman–Crippen LogP) is 4.34. The number of carbonyl (C=O) groups excluding carboxylic acids is 2. The number of rotatable bonds is 5. The van der Waals surface area contributed by atoms with Crippen LogP contribution < -0.4 is 5.32 Å². The van der Waals surface area contributed by atoms with E-state index in [1.807, 2.05) is 54.8 Å². The van der Waals surface area contributed by atoms with Gasteiger partial charge in [0.25, 0.3) is 0 Å². The number of anilines is 1. The molecule has 6 heteroatoms. The van der Waals surface area contributed by atoms with E-state index in [2.05, 4.69) is 29.6 Å². The number of urea groups is 1. The van der Waals surface area contributed by atoms with Crippen LogP contribution in [0.5, 0.6) is 0 Å². The molecule has 1 fully saturated rings. The molecule has 1 heterocycles. The molecule has 3 amide bonds. The first-order valence-corrected chi connectivity index (χ1v) is 11.1. The van der Waals surface area contributed by atoms with E-state index in [0.717, 1.165) is 41.4 Å². The van der Waals surface area contributed by atoms with Gasteiger partial charge in [-0.05, 0) is 37.1 Å². The molecule has 29 heavy (non-hydrogen) atoms. The summed E-state index contributed by atoms with van der Waals surface area (Å²) < 4.78 is 0. The minimum absolute atomic E-state index is 0.0322. The average Bonchev–Trinajstić information content (AvgIpc) is 2.75. The fraction of sp³-hybridized carbons (Fsp3) is 0.391. The minimum atomic E-state index is -0.160. The minimum Gasteiger partial charge on any atom is -0.341 e. The molecule has 2 aromatic rings. The van der Waals surface area contributed by atoms with Crippen molar-refractivity contribution in [2.75, 3.05) is 37.0 Å². The average molecular weight is 412 g/mol. The standard InChI is InChI=1S/C23H29N3O2S/c1-17-4-8-20(9-5-17)18(2)25(3)23(28)24-21-10-6-19(7-11-21)16-22(27)26-12-14-29-15-13-26/h4-11,18H,12-16H2,1-3H3,(H,24,28). The summed E-state index contributed by atoms with van der Waals surface area (Å²) in [5.74, 6) is 2.21. The number of hydrogen-bond acceptors (Lipinski definition) is 3. The van der Waals surface area contributed by atoms with Crippen LogP contribution in [0.25, 0.3) is 0 Å². The Kier molecular flexibility index (Phi) is 7.20. The first-order chi connectivity index (χ1) is 13.9. The Labute approximate surface area is 177 Å². The van der Waals surface area contributed by atoms with E-state index in [9.17, 15) is 9.59 Å². The molecule has 0 saturated carbocycles. The van der Waals surface area contributed by atoms with Gasteiger partial charge in [-0.25, -0.2) is 4.79 Å². The summed E-state index contributed by atoms with van der Waals surface area (Å²) in [6.45, 7) is 5.73. The first kappa shape index (κ1) is 21.2. The van der Waals surface area contributed by atoms with Crippen molar-refractivity contribution in [3.63, 3.8) is 0 Å². The quantitative estimate of drug-likeness (QED) is 0.796. The largest absolute Gasteiger partial charge is 0.341 e. The molecule has 0 aromatic heterocycles. The summed E-state index contributed by atoms with van der Waals surface area (Å²) in [7, 11) is 1.80. The number of carbonyl (C=O) groups is 2. The highest BCUT2D eigenvalue weighted by Crippen LogP contribution is 2.21. The van der Waals surface area contributed by atoms with Crippen molar-refractivity contribution in [1.82, 2.24) is 9.80 Å². The number of benzene rings is 2. The van der Waals surface area contributed by atoms with Crippen molar-refractivity contribution in [3.8, 4) is 0 Å². The smallest absolute Gasteiger partial charge is 0.322 e. The maximum Gasteiger partial charge on any atom is 0.322 e. The zero-order chi connectivity index (χ0) is 20.8. The number of hydrogen-bond donors (Lipinski definition) is 1. The van der Waals surface area contributed by atoms with Gasteiger partial charge in [0.15, 0.2) is 0 Å². The van der Waals surface area contributed by atoms with Gasteiger partial charge in [-0.15, -0.1) is 0 Å². The van der Waals surface area contributed by atoms with Crippen LogP contribution in [-0.2, 0) is 11.2 Å². The van der Waals surface area contributed by atoms with Crippen molar-refractivity contribution >= 4 is 29.4 Å². The molecule has 1 N–H and O–H groups in total. The first-order valence-electron chi connectivity index (χ1n) is 9.99. The third-order valence-electron chi connectivity index (χ3n) is 5.39. The number of nitrogens with zero attached hydrogens (tertiary/aromatic N) is 2. The molecule has 2 aromatic carbocycles. The lowest BCUT2D eigenvalue weighted by Crippen LogP contribution is -2.38. The summed E-state index contributed by atoms with van der Waals surface area (Å²) in [6, 6.07) is 15.6. The number of aryl methyl sites for hydroxylation is 1. The van der Waals surface area contributed by atoms with Crippen LogP contribution >= 0.6 is 11.8 Å². The van der Waals surface area contributed by atoms with E-state index in [-0.39, 0.29) is 18.0 Å². The topological polar surface area (TPSA) is 52.7 Å². The molecule has 0 bridgehead atoms. The third-order valence-corrected chi connectivity index (χ3v) is 6.33. The summed E-state index contributed by atoms with van der Waals surface area (Å²) in [4.78, 5) is 28.6. The summed E-state index contributed by atoms with van der Waals surface area (Å²) in [5, 5.41) is 2.94. The molecule has 0 aliphatic carbocycles. The Hall–Kier alpha value is -2.47. The molecular weight excluding hydrogens is 382 g/mol. The van der Waals surface area contributed by atoms with Crippen LogP contribution in [0.4, 0.5) is 10.5 Å². The highest BCUT2D eigenvalue weighted by Gasteiger charge is 2.18. The van der Waals surface area contributed by atoms with Gasteiger partial charge in [-0.1, -0.05) is 42.0 Å². The molecule has 1 atom stereocenters. The molecule has 154 valence electrons. The Morgan fingerprint density at radius 3 is 2.31 bits per heavy atom. The number of thioether (sulfide) groups is 1. The monoisotopic (exact) mass is 411 g/mol. The van der Waals surface area contributed by atoms with Crippen molar-refractivity contribution in [1.29, 1.82) is 0 Å². The van der Waals surface area contributed by atoms with Crippen molar-refractivity contribution in [2.24, 2.45) is 0 Å². The lowest BCUT2D eigenvalue weighted by atomic mass is 10.1. The number of amides is 3. The highest BCUT2D eigenvalue weighted by molar-refractivity contribution is 7.99. The molecule has 1 aliphatic heterocycles. The molecule has 1 saturated heterocycles. The van der Waals surface area contributed by atoms with Gasteiger partial charge >= 0.3 is 6.03 Å². The van der Waals surface area contributed by atoms with Crippen LogP contribution in [-0.4, -0.2) is 53.4 Å². The summed E-state index contributed by atoms with van der Waals surface area (Å²) in [5.41, 5.74) is 3.99. The van der Waals surface area contributed by atoms with E-state index in [0.29, 0.717) is 6.42 Å². The fourth-order valence-electron chi connectivity index (χ4n) is 3.26. The summed E-state index contributed by atoms with van der Waals surface area (Å²) >= 11 is 1.90. The van der Waals surface area contributed by atoms with Crippen molar-refractivity contribution in [3.05, 3.63) is 65.2 Å². The normalized spacial score (nSPS) is 14.9. The van der Waals surface area contributed by atoms with Gasteiger partial charge in [0.2, 0.25) is 5.91 Å². The molecular formula is C23H29N3O2S. The van der Waals surface area contributed by atoms with E-state index in [1.54, 1.807) is 11.9 Å². The van der Waals surface area contributed by atoms with Crippen LogP contribution in [0.15, 0.2) is 48.5 Å². The SMILES string of the molecule is Cc1ccc(C(C)N(C)C(=O)Nc2ccc(CC(=O)N3CCSCC3)cc2)cc1. The Bertz CT molecular complexity index is 830. The molecule has 0 radical (unpaired) electrons. The van der Waals surface area contributed by atoms with E-state index in [1.165, 1.54) is 5.56 Å². The molecule has 0 spiro atoms. The fourth-order valence-corrected chi connectivity index (χ4v) is 4.16. The zero-order valence-corrected chi connectivity index (χ0v) is 18.2. The molecule has 5 nitrogen and oxygen atoms in total. The molecule has 1 unspecified atom stereocenters. The van der Waals surface area contributed by atoms with Gasteiger partial charge in [0.1, 0.15) is 0 Å². The summed E-state index contributed by atoms with van der Waals surface area (Å²) in [6.07, 6.45) is 0.406. The predicted molar refractivity (Wildman–Crippen MR) is 120 cm³/mol. The second-order valence-corrected chi connectivity index (χ2v) is 8.72. The van der Waals surface area contributed by atoms with Gasteiger partial charge < -0.3 is 15.1 Å². The maximum atomic E-state index is 12.6. The Morgan fingerprint density at radius 2 is 1.69 bits per heavy atom. The second kappa shape index (κ2) is 9.83. The Morgan fingerprint density at radius 1 is 1.07 bits per heavy atom. The van der Waals surface area contributed by atoms with Gasteiger partial charge in [-0.2, -0.15) is 11.8 Å². The van der Waals surface area contributed by atoms with E-state index >= 15 is 0 Å². The van der Waals surface area contributed by atoms with E-state index in [4.69, 9.17) is 0 Å². The Balaban J connectivity index is 1.55. The van der Waals surface area contributed by atoms with Crippen molar-refractivity contribution < 1.29 is 9.59 Å². The van der Waals surface area contributed by atoms with Gasteiger partial charge in [0.05, 0.1) is 12.5 Å². The van der Waals surface area contributed by atoms with Gasteiger partial charge in [0, 0.05) is 37.3 Å². The molecule has 1 aliphatic rings. The maximum absolute atomic E-state index is 12.6. The van der Waals surface area contributed by atoms with Crippen molar-refractivity contribution in [2.45, 2.75) is 26.3 Å². The highest BCUT2D eigenvalue weighted by atomic mass is 32.2. The van der Waals surface area contributed by atoms with Crippen LogP contribution in [0.1, 0.15) is 29.7 Å². The number of nitrogens with one attached hydrogen (secondary N) is 1. The van der Waals surface area contributed by atoms with Gasteiger partial charge in [-0.3, -0.25) is 4.79 Å². The lowest BCUT2D eigenvalue weighted by molar-refractivity contribution is -0.130. The second-order valence-electron chi connectivity index (χ2n) is 7.49.